The average Bonchev–Trinajstić information content (AvgIpc) is 3.91. The summed E-state index contributed by atoms with van der Waals surface area (Å²) in [4.78, 5) is 0. The van der Waals surface area contributed by atoms with Gasteiger partial charge in [-0.25, -0.2) is 0 Å². The Morgan fingerprint density at radius 2 is 0.210 bits per heavy atom. The lowest BCUT2D eigenvalue weighted by atomic mass is 10.0. The quantitative estimate of drug-likeness (QED) is 0.230. The van der Waals surface area contributed by atoms with Crippen LogP contribution >= 0.6 is 0 Å². The van der Waals surface area contributed by atoms with E-state index in [0.29, 0.717) is 0 Å². The summed E-state index contributed by atoms with van der Waals surface area (Å²) in [5.74, 6) is 5.05. The van der Waals surface area contributed by atoms with Crippen molar-refractivity contribution < 1.29 is 0 Å². The largest absolute Gasteiger partial charge is 0.0776 e. The molecule has 0 aromatic carbocycles. The van der Waals surface area contributed by atoms with Gasteiger partial charge in [0.2, 0.25) is 0 Å². The number of hydrogen-bond acceptors (Lipinski definition) is 0. The van der Waals surface area contributed by atoms with E-state index < -0.39 is 0 Å². The normalized spacial score (nSPS) is 15.7. The van der Waals surface area contributed by atoms with Crippen molar-refractivity contribution in [3.63, 3.8) is 0 Å². The van der Waals surface area contributed by atoms with Crippen LogP contribution in [0.3, 0.4) is 0 Å². The highest BCUT2D eigenvalue weighted by Gasteiger charge is 1.98. The Bertz CT molecular complexity index is 417. The Kier molecular flexibility index (Phi) is 131. The van der Waals surface area contributed by atoms with Gasteiger partial charge in [-0.3, -0.25) is 0 Å². The van der Waals surface area contributed by atoms with Crippen molar-refractivity contribution in [2.24, 2.45) is 35.5 Å². The molecule has 0 saturated heterocycles. The van der Waals surface area contributed by atoms with E-state index in [0.717, 1.165) is 35.5 Å². The first-order valence-corrected chi connectivity index (χ1v) is 26.4. The summed E-state index contributed by atoms with van der Waals surface area (Å²) in [6.45, 7) is 39.1. The van der Waals surface area contributed by atoms with Crippen molar-refractivity contribution >= 4 is 0 Å². The topological polar surface area (TPSA) is 0 Å². The Balaban J connectivity index is -0.0000000439. The zero-order valence-electron chi connectivity index (χ0n) is 44.1. The molecule has 396 valence electrons. The molecule has 0 aliphatic heterocycles. The van der Waals surface area contributed by atoms with Crippen LogP contribution in [0, 0.1) is 35.5 Å². The molecule has 0 aromatic rings. The van der Waals surface area contributed by atoms with Crippen molar-refractivity contribution in [3.05, 3.63) is 0 Å². The molecule has 6 rings (SSSR count). The molecule has 0 unspecified atom stereocenters. The second-order valence-electron chi connectivity index (χ2n) is 21.4. The molecule has 0 radical (unpaired) electrons. The first-order valence-electron chi connectivity index (χ1n) is 26.4. The summed E-state index contributed by atoms with van der Waals surface area (Å²) < 4.78 is 0. The van der Waals surface area contributed by atoms with E-state index in [2.05, 4.69) is 125 Å². The molecule has 62 heavy (non-hydrogen) atoms. The van der Waals surface area contributed by atoms with Crippen LogP contribution in [0.1, 0.15) is 375 Å². The minimum atomic E-state index is 0. The van der Waals surface area contributed by atoms with Gasteiger partial charge in [0, 0.05) is 0 Å². The molecule has 0 amide bonds. The van der Waals surface area contributed by atoms with E-state index in [4.69, 9.17) is 0 Å². The average molecular weight is 894 g/mol. The van der Waals surface area contributed by atoms with Crippen molar-refractivity contribution in [2.75, 3.05) is 0 Å². The van der Waals surface area contributed by atoms with Crippen LogP contribution in [-0.4, -0.2) is 0 Å². The van der Waals surface area contributed by atoms with E-state index in [1.807, 2.05) is 0 Å². The molecule has 6 aliphatic carbocycles. The Morgan fingerprint density at radius 1 is 0.177 bits per heavy atom. The standard InChI is InChI=1S/C7H14.2C6H12.C5H10.C5H12.C4H8.5C4H10.C3H6.6CH4/c1-2-4-6-7-5-3-1;2*1-2-4-6-5-3-1;1-2-4-5-3-1;1-4-5(2)3;1-2-4-3-1;5*1-4(2)3;1-2-3-1;;;;;;/h1-7H2;2*1-6H2;1-5H2;5H,4H2,1-3H3;1-4H2;5*4H,1-3H3;1-3H2;6*1H4. The predicted octanol–water partition coefficient (Wildman–Crippen LogP) is 26.3. The molecule has 0 atom stereocenters. The van der Waals surface area contributed by atoms with Crippen LogP contribution in [0.2, 0.25) is 0 Å². The van der Waals surface area contributed by atoms with Crippen LogP contribution in [0.15, 0.2) is 0 Å². The minimum Gasteiger partial charge on any atom is -0.0776 e. The second kappa shape index (κ2) is 87.8. The van der Waals surface area contributed by atoms with E-state index in [-0.39, 0.29) is 44.6 Å². The summed E-state index contributed by atoms with van der Waals surface area (Å²) >= 11 is 0. The monoisotopic (exact) mass is 893 g/mol. The first kappa shape index (κ1) is 92.3. The summed E-state index contributed by atoms with van der Waals surface area (Å²) in [5, 5.41) is 0. The summed E-state index contributed by atoms with van der Waals surface area (Å²) in [7, 11) is 0. The molecule has 0 bridgehead atoms. The van der Waals surface area contributed by atoms with Gasteiger partial charge in [-0.2, -0.15) is 0 Å². The lowest BCUT2D eigenvalue weighted by Gasteiger charge is -2.05. The molecule has 0 heteroatoms. The van der Waals surface area contributed by atoms with Gasteiger partial charge in [0.25, 0.3) is 0 Å². The molecule has 0 aromatic heterocycles. The lowest BCUT2D eigenvalue weighted by molar-refractivity contribution is 0.504. The van der Waals surface area contributed by atoms with Gasteiger partial charge < -0.3 is 0 Å². The maximum Gasteiger partial charge on any atom is -0.0474 e. The van der Waals surface area contributed by atoms with Crippen molar-refractivity contribution in [2.45, 2.75) is 375 Å². The molecule has 0 spiro atoms. The van der Waals surface area contributed by atoms with Crippen molar-refractivity contribution in [3.8, 4) is 0 Å². The van der Waals surface area contributed by atoms with Crippen LogP contribution in [0.25, 0.3) is 0 Å². The summed E-state index contributed by atoms with van der Waals surface area (Å²) in [6.07, 6.45) is 47.8. The highest BCUT2D eigenvalue weighted by atomic mass is 14.0. The van der Waals surface area contributed by atoms with Crippen LogP contribution in [0.4, 0.5) is 0 Å². The number of rotatable bonds is 1. The predicted molar refractivity (Wildman–Crippen MR) is 311 cm³/mol. The molecule has 6 fully saturated rings. The smallest absolute Gasteiger partial charge is 0.0474 e. The fourth-order valence-corrected chi connectivity index (χ4v) is 4.49. The maximum atomic E-state index is 2.22. The molecule has 6 aliphatic rings. The van der Waals surface area contributed by atoms with Crippen molar-refractivity contribution in [1.29, 1.82) is 0 Å². The highest BCUT2D eigenvalue weighted by Crippen LogP contribution is 2.17. The van der Waals surface area contributed by atoms with Crippen LogP contribution in [0.5, 0.6) is 0 Å². The van der Waals surface area contributed by atoms with Gasteiger partial charge in [0.1, 0.15) is 0 Å². The SMILES string of the molecule is C.C.C.C.C.C.C1CC1.C1CCC1.C1CCCC1.C1CCCCC1.C1CCCCC1.C1CCCCCC1.CC(C)C.CC(C)C.CC(C)C.CC(C)C.CC(C)C.CCC(C)C. The third-order valence-electron chi connectivity index (χ3n) is 8.17. The van der Waals surface area contributed by atoms with Gasteiger partial charge in [0.15, 0.2) is 0 Å². The molecular weight excluding hydrogens is 745 g/mol. The minimum absolute atomic E-state index is 0. The van der Waals surface area contributed by atoms with Crippen molar-refractivity contribution in [1.82, 2.24) is 0 Å². The van der Waals surface area contributed by atoms with E-state index in [9.17, 15) is 0 Å². The lowest BCUT2D eigenvalue weighted by Crippen LogP contribution is -1.85. The Labute approximate surface area is 408 Å². The fourth-order valence-electron chi connectivity index (χ4n) is 4.49. The first-order chi connectivity index (χ1) is 26.4. The van der Waals surface area contributed by atoms with E-state index in [1.54, 1.807) is 0 Å². The molecule has 0 N–H and O–H groups in total. The van der Waals surface area contributed by atoms with Gasteiger partial charge in [-0.05, 0) is 35.5 Å². The molecule has 6 saturated carbocycles. The van der Waals surface area contributed by atoms with Gasteiger partial charge >= 0.3 is 0 Å². The summed E-state index contributed by atoms with van der Waals surface area (Å²) in [6, 6.07) is 0. The maximum absolute atomic E-state index is 2.22. The third kappa shape index (κ3) is 217. The van der Waals surface area contributed by atoms with Gasteiger partial charge in [-0.1, -0.05) is 375 Å². The second-order valence-corrected chi connectivity index (χ2v) is 21.4. The van der Waals surface area contributed by atoms with Gasteiger partial charge in [0.05, 0.1) is 0 Å². The van der Waals surface area contributed by atoms with Gasteiger partial charge in [-0.15, -0.1) is 0 Å². The third-order valence-corrected chi connectivity index (χ3v) is 8.17. The Morgan fingerprint density at radius 3 is 0.226 bits per heavy atom. The summed E-state index contributed by atoms with van der Waals surface area (Å²) in [5.41, 5.74) is 0. The molecular formula is C62H148. The number of hydrogen-bond donors (Lipinski definition) is 0. The zero-order valence-corrected chi connectivity index (χ0v) is 44.1. The molecule has 0 heterocycles. The van der Waals surface area contributed by atoms with E-state index >= 15 is 0 Å². The van der Waals surface area contributed by atoms with E-state index in [1.165, 1.54) is 205 Å². The zero-order chi connectivity index (χ0) is 44.1. The Hall–Kier alpha value is 0. The van der Waals surface area contributed by atoms with Crippen LogP contribution < -0.4 is 0 Å². The van der Waals surface area contributed by atoms with Crippen LogP contribution in [-0.2, 0) is 0 Å². The highest BCUT2D eigenvalue weighted by molar-refractivity contribution is 4.53. The fraction of sp³-hybridized carbons (Fsp3) is 1.00. The molecule has 0 nitrogen and oxygen atoms in total.